The molecule has 2 nitrogen and oxygen atoms in total. The Hall–Kier alpha value is -0.0800. The van der Waals surface area contributed by atoms with E-state index in [0.717, 1.165) is 17.9 Å². The summed E-state index contributed by atoms with van der Waals surface area (Å²) in [6, 6.07) is 0.793. The lowest BCUT2D eigenvalue weighted by Gasteiger charge is -2.39. The first kappa shape index (κ1) is 16.3. The van der Waals surface area contributed by atoms with Crippen LogP contribution in [0, 0.1) is 11.8 Å². The van der Waals surface area contributed by atoms with Crippen LogP contribution in [0.1, 0.15) is 71.6 Å². The summed E-state index contributed by atoms with van der Waals surface area (Å²) in [6.07, 6.45) is 12.8. The predicted molar refractivity (Wildman–Crippen MR) is 88.1 cm³/mol. The summed E-state index contributed by atoms with van der Waals surface area (Å²) in [5.41, 5.74) is 0. The molecule has 3 atom stereocenters. The van der Waals surface area contributed by atoms with Crippen LogP contribution in [-0.4, -0.2) is 37.1 Å². The number of nitrogens with one attached hydrogen (secondary N) is 1. The highest BCUT2D eigenvalue weighted by Gasteiger charge is 2.30. The molecule has 1 saturated carbocycles. The molecule has 118 valence electrons. The molecule has 1 aliphatic carbocycles. The fraction of sp³-hybridized carbons (Fsp3) is 1.00. The van der Waals surface area contributed by atoms with Crippen molar-refractivity contribution < 1.29 is 0 Å². The van der Waals surface area contributed by atoms with Crippen LogP contribution in [0.5, 0.6) is 0 Å². The summed E-state index contributed by atoms with van der Waals surface area (Å²) < 4.78 is 0. The highest BCUT2D eigenvalue weighted by Crippen LogP contribution is 2.32. The van der Waals surface area contributed by atoms with Gasteiger partial charge in [-0.05, 0) is 70.0 Å². The number of likely N-dealkylation sites (tertiary alicyclic amines) is 1. The summed E-state index contributed by atoms with van der Waals surface area (Å²) in [4.78, 5) is 2.77. The van der Waals surface area contributed by atoms with Crippen LogP contribution >= 0.6 is 0 Å². The van der Waals surface area contributed by atoms with Gasteiger partial charge in [-0.1, -0.05) is 33.1 Å². The van der Waals surface area contributed by atoms with Crippen LogP contribution in [0.4, 0.5) is 0 Å². The Labute approximate surface area is 126 Å². The van der Waals surface area contributed by atoms with Gasteiger partial charge in [-0.2, -0.15) is 0 Å². The van der Waals surface area contributed by atoms with E-state index in [1.165, 1.54) is 84.0 Å². The molecule has 20 heavy (non-hydrogen) atoms. The lowest BCUT2D eigenvalue weighted by atomic mass is 9.76. The average Bonchev–Trinajstić information content (AvgIpc) is 2.74. The molecule has 1 N–H and O–H groups in total. The lowest BCUT2D eigenvalue weighted by molar-refractivity contribution is 0.140. The van der Waals surface area contributed by atoms with Crippen molar-refractivity contribution in [3.63, 3.8) is 0 Å². The van der Waals surface area contributed by atoms with Crippen molar-refractivity contribution >= 4 is 0 Å². The molecule has 0 spiro atoms. The Morgan fingerprint density at radius 2 is 1.75 bits per heavy atom. The molecule has 2 aliphatic rings. The lowest BCUT2D eigenvalue weighted by Crippen LogP contribution is -2.46. The molecule has 0 radical (unpaired) electrons. The molecule has 1 heterocycles. The number of hydrogen-bond donors (Lipinski definition) is 1. The van der Waals surface area contributed by atoms with Gasteiger partial charge in [-0.3, -0.25) is 0 Å². The molecule has 2 fully saturated rings. The van der Waals surface area contributed by atoms with Crippen molar-refractivity contribution in [2.24, 2.45) is 11.8 Å². The third-order valence-electron chi connectivity index (χ3n) is 5.52. The summed E-state index contributed by atoms with van der Waals surface area (Å²) in [5, 5.41) is 3.84. The van der Waals surface area contributed by atoms with Crippen LogP contribution in [0.15, 0.2) is 0 Å². The molecule has 1 aliphatic heterocycles. The van der Waals surface area contributed by atoms with E-state index < -0.39 is 0 Å². The molecule has 1 saturated heterocycles. The summed E-state index contributed by atoms with van der Waals surface area (Å²) in [5.74, 6) is 1.89. The van der Waals surface area contributed by atoms with E-state index in [2.05, 4.69) is 24.1 Å². The first-order valence-corrected chi connectivity index (χ1v) is 9.29. The van der Waals surface area contributed by atoms with Gasteiger partial charge in [0.1, 0.15) is 0 Å². The van der Waals surface area contributed by atoms with Crippen molar-refractivity contribution in [1.82, 2.24) is 10.2 Å². The van der Waals surface area contributed by atoms with Gasteiger partial charge in [0.15, 0.2) is 0 Å². The maximum absolute atomic E-state index is 3.84. The molecule has 0 aromatic heterocycles. The monoisotopic (exact) mass is 280 g/mol. The van der Waals surface area contributed by atoms with Gasteiger partial charge in [-0.25, -0.2) is 0 Å². The minimum absolute atomic E-state index is 0.793. The Morgan fingerprint density at radius 3 is 2.40 bits per heavy atom. The fourth-order valence-corrected chi connectivity index (χ4v) is 4.18. The first-order valence-electron chi connectivity index (χ1n) is 9.29. The van der Waals surface area contributed by atoms with Crippen LogP contribution in [0.25, 0.3) is 0 Å². The van der Waals surface area contributed by atoms with Crippen molar-refractivity contribution in [3.05, 3.63) is 0 Å². The normalized spacial score (nSPS) is 33.0. The molecule has 0 aromatic rings. The third kappa shape index (κ3) is 5.04. The largest absolute Gasteiger partial charge is 0.314 e. The Kier molecular flexibility index (Phi) is 7.37. The van der Waals surface area contributed by atoms with Crippen molar-refractivity contribution in [2.45, 2.75) is 77.7 Å². The van der Waals surface area contributed by atoms with E-state index in [9.17, 15) is 0 Å². The maximum Gasteiger partial charge on any atom is 0.0108 e. The highest BCUT2D eigenvalue weighted by atomic mass is 15.1. The van der Waals surface area contributed by atoms with Crippen LogP contribution in [0.3, 0.4) is 0 Å². The average molecular weight is 280 g/mol. The number of rotatable bonds is 6. The maximum atomic E-state index is 3.84. The van der Waals surface area contributed by atoms with Gasteiger partial charge in [0.2, 0.25) is 0 Å². The second-order valence-electron chi connectivity index (χ2n) is 7.12. The van der Waals surface area contributed by atoms with Crippen LogP contribution < -0.4 is 5.32 Å². The first-order chi connectivity index (χ1) is 9.83. The van der Waals surface area contributed by atoms with Crippen LogP contribution in [0.2, 0.25) is 0 Å². The number of nitrogens with zero attached hydrogens (tertiary/aromatic N) is 1. The second kappa shape index (κ2) is 9.04. The molecule has 2 heteroatoms. The van der Waals surface area contributed by atoms with Gasteiger partial charge < -0.3 is 10.2 Å². The second-order valence-corrected chi connectivity index (χ2v) is 7.12. The summed E-state index contributed by atoms with van der Waals surface area (Å²) in [7, 11) is 0. The highest BCUT2D eigenvalue weighted by molar-refractivity contribution is 4.86. The van der Waals surface area contributed by atoms with E-state index in [1.807, 2.05) is 0 Å². The topological polar surface area (TPSA) is 15.3 Å². The third-order valence-corrected chi connectivity index (χ3v) is 5.52. The van der Waals surface area contributed by atoms with E-state index in [4.69, 9.17) is 0 Å². The molecule has 2 rings (SSSR count). The van der Waals surface area contributed by atoms with Crippen molar-refractivity contribution in [1.29, 1.82) is 0 Å². The van der Waals surface area contributed by atoms with E-state index in [0.29, 0.717) is 0 Å². The quantitative estimate of drug-likeness (QED) is 0.789. The van der Waals surface area contributed by atoms with Gasteiger partial charge in [0.25, 0.3) is 0 Å². The van der Waals surface area contributed by atoms with E-state index in [1.54, 1.807) is 0 Å². The smallest absolute Gasteiger partial charge is 0.0108 e. The minimum Gasteiger partial charge on any atom is -0.314 e. The minimum atomic E-state index is 0.793. The molecular weight excluding hydrogens is 244 g/mol. The Bertz CT molecular complexity index is 246. The van der Waals surface area contributed by atoms with Crippen molar-refractivity contribution in [2.75, 3.05) is 26.2 Å². The summed E-state index contributed by atoms with van der Waals surface area (Å²) >= 11 is 0. The molecule has 0 bridgehead atoms. The Morgan fingerprint density at radius 1 is 1.00 bits per heavy atom. The molecular formula is C18H36N2. The SMILES string of the molecule is CCCNC1CCC(CC)CC1CN1CCCCCC1. The van der Waals surface area contributed by atoms with Gasteiger partial charge in [0.05, 0.1) is 0 Å². The standard InChI is InChI=1S/C18H36N2/c1-3-11-19-18-10-9-16(4-2)14-17(18)15-20-12-7-5-6-8-13-20/h16-19H,3-15H2,1-2H3. The van der Waals surface area contributed by atoms with Gasteiger partial charge in [-0.15, -0.1) is 0 Å². The van der Waals surface area contributed by atoms with Gasteiger partial charge in [0, 0.05) is 12.6 Å². The molecule has 0 amide bonds. The van der Waals surface area contributed by atoms with Crippen LogP contribution in [-0.2, 0) is 0 Å². The zero-order valence-electron chi connectivity index (χ0n) is 13.9. The van der Waals surface area contributed by atoms with E-state index >= 15 is 0 Å². The van der Waals surface area contributed by atoms with Gasteiger partial charge >= 0.3 is 0 Å². The molecule has 3 unspecified atom stereocenters. The Balaban J connectivity index is 1.87. The fourth-order valence-electron chi connectivity index (χ4n) is 4.18. The van der Waals surface area contributed by atoms with Crippen molar-refractivity contribution in [3.8, 4) is 0 Å². The predicted octanol–water partition coefficient (Wildman–Crippen LogP) is 4.06. The zero-order chi connectivity index (χ0) is 14.2. The van der Waals surface area contributed by atoms with E-state index in [-0.39, 0.29) is 0 Å². The summed E-state index contributed by atoms with van der Waals surface area (Å²) in [6.45, 7) is 9.94. The zero-order valence-corrected chi connectivity index (χ0v) is 13.9. The molecule has 0 aromatic carbocycles. The number of hydrogen-bond acceptors (Lipinski definition) is 2.